The van der Waals surface area contributed by atoms with E-state index >= 15 is 0 Å². The molecule has 0 spiro atoms. The van der Waals surface area contributed by atoms with Gasteiger partial charge in [0.1, 0.15) is 17.1 Å². The first kappa shape index (κ1) is 23.8. The largest absolute Gasteiger partial charge is 0.479 e. The normalized spacial score (nSPS) is 12.6. The minimum atomic E-state index is -0.943. The van der Waals surface area contributed by atoms with Gasteiger partial charge in [-0.3, -0.25) is 0 Å². The minimum absolute atomic E-state index is 0.181. The first-order chi connectivity index (χ1) is 15.8. The van der Waals surface area contributed by atoms with Crippen LogP contribution >= 0.6 is 0 Å². The summed E-state index contributed by atoms with van der Waals surface area (Å²) in [5.41, 5.74) is 0.942. The van der Waals surface area contributed by atoms with Crippen LogP contribution in [-0.4, -0.2) is 37.4 Å². The molecule has 2 atom stereocenters. The maximum atomic E-state index is 12.3. The second kappa shape index (κ2) is 10.7. The predicted molar refractivity (Wildman–Crippen MR) is 121 cm³/mol. The molecule has 0 bridgehead atoms. The van der Waals surface area contributed by atoms with Gasteiger partial charge in [0.15, 0.2) is 12.2 Å². The number of carbonyl (C=O) groups is 2. The number of fused-ring (bicyclic) bond motifs is 1. The zero-order valence-corrected chi connectivity index (χ0v) is 19.0. The number of ether oxygens (including phenoxy) is 4. The molecule has 33 heavy (non-hydrogen) atoms. The number of hydrogen-bond donors (Lipinski definition) is 0. The molecule has 174 valence electrons. The summed E-state index contributed by atoms with van der Waals surface area (Å²) in [7, 11) is 0. The van der Waals surface area contributed by atoms with Crippen molar-refractivity contribution < 1.29 is 33.0 Å². The van der Waals surface area contributed by atoms with Gasteiger partial charge in [0.05, 0.1) is 18.6 Å². The molecular formula is C25H26O8. The summed E-state index contributed by atoms with van der Waals surface area (Å²) in [5.74, 6) is -0.640. The van der Waals surface area contributed by atoms with Gasteiger partial charge in [-0.05, 0) is 33.3 Å². The zero-order chi connectivity index (χ0) is 24.0. The lowest BCUT2D eigenvalue weighted by Crippen LogP contribution is -2.27. The maximum Gasteiger partial charge on any atom is 0.347 e. The van der Waals surface area contributed by atoms with Gasteiger partial charge in [-0.2, -0.15) is 0 Å². The highest BCUT2D eigenvalue weighted by Crippen LogP contribution is 2.38. The fourth-order valence-corrected chi connectivity index (χ4v) is 3.26. The standard InChI is InChI=1S/C25H26O8/c1-5-29-24(27)15(3)31-18-12-20(32-16(4)25(28)30-6-2)23-19(17-10-8-7-9-11-17)14-22(26)33-21(23)13-18/h7-16H,5-6H2,1-4H3/t15-,16-/m0/s1. The predicted octanol–water partition coefficient (Wildman–Crippen LogP) is 4.12. The van der Waals surface area contributed by atoms with E-state index < -0.39 is 29.8 Å². The summed E-state index contributed by atoms with van der Waals surface area (Å²) < 4.78 is 27.1. The van der Waals surface area contributed by atoms with Gasteiger partial charge in [-0.1, -0.05) is 30.3 Å². The van der Waals surface area contributed by atoms with Gasteiger partial charge in [0, 0.05) is 23.8 Å². The Kier molecular flexibility index (Phi) is 7.71. The first-order valence-electron chi connectivity index (χ1n) is 10.7. The molecule has 0 N–H and O–H groups in total. The number of rotatable bonds is 9. The summed E-state index contributed by atoms with van der Waals surface area (Å²) in [4.78, 5) is 36.6. The molecule has 0 aliphatic rings. The Morgan fingerprint density at radius 2 is 1.48 bits per heavy atom. The average molecular weight is 454 g/mol. The average Bonchev–Trinajstić information content (AvgIpc) is 2.79. The number of carbonyl (C=O) groups excluding carboxylic acids is 2. The monoisotopic (exact) mass is 454 g/mol. The quantitative estimate of drug-likeness (QED) is 0.352. The summed E-state index contributed by atoms with van der Waals surface area (Å²) in [6.45, 7) is 6.92. The molecule has 0 fully saturated rings. The van der Waals surface area contributed by atoms with Crippen LogP contribution in [0.2, 0.25) is 0 Å². The molecule has 0 radical (unpaired) electrons. The smallest absolute Gasteiger partial charge is 0.347 e. The van der Waals surface area contributed by atoms with Gasteiger partial charge in [-0.15, -0.1) is 0 Å². The molecule has 0 saturated carbocycles. The van der Waals surface area contributed by atoms with Crippen molar-refractivity contribution >= 4 is 22.9 Å². The lowest BCUT2D eigenvalue weighted by molar-refractivity contribution is -0.151. The van der Waals surface area contributed by atoms with Crippen molar-refractivity contribution in [3.05, 3.63) is 59.0 Å². The van der Waals surface area contributed by atoms with Crippen LogP contribution in [-0.2, 0) is 19.1 Å². The van der Waals surface area contributed by atoms with Crippen molar-refractivity contribution in [2.75, 3.05) is 13.2 Å². The second-order valence-electron chi connectivity index (χ2n) is 7.16. The van der Waals surface area contributed by atoms with Crippen molar-refractivity contribution in [2.24, 2.45) is 0 Å². The summed E-state index contributed by atoms with van der Waals surface area (Å²) in [5, 5.41) is 0.480. The first-order valence-corrected chi connectivity index (χ1v) is 10.7. The lowest BCUT2D eigenvalue weighted by atomic mass is 10.0. The van der Waals surface area contributed by atoms with Crippen LogP contribution in [0.5, 0.6) is 11.5 Å². The van der Waals surface area contributed by atoms with Crippen LogP contribution in [0.4, 0.5) is 0 Å². The number of benzene rings is 2. The third-order valence-electron chi connectivity index (χ3n) is 4.72. The van der Waals surface area contributed by atoms with Crippen LogP contribution < -0.4 is 15.1 Å². The van der Waals surface area contributed by atoms with Crippen molar-refractivity contribution in [3.63, 3.8) is 0 Å². The molecule has 0 unspecified atom stereocenters. The van der Waals surface area contributed by atoms with Crippen molar-refractivity contribution in [1.29, 1.82) is 0 Å². The Hall–Kier alpha value is -3.81. The van der Waals surface area contributed by atoms with E-state index in [-0.39, 0.29) is 30.3 Å². The van der Waals surface area contributed by atoms with Crippen LogP contribution in [0.25, 0.3) is 22.1 Å². The molecule has 2 aromatic carbocycles. The van der Waals surface area contributed by atoms with Gasteiger partial charge < -0.3 is 23.4 Å². The molecule has 0 saturated heterocycles. The van der Waals surface area contributed by atoms with Crippen LogP contribution in [0.3, 0.4) is 0 Å². The van der Waals surface area contributed by atoms with E-state index in [0.717, 1.165) is 5.56 Å². The Morgan fingerprint density at radius 1 is 0.879 bits per heavy atom. The highest BCUT2D eigenvalue weighted by molar-refractivity contribution is 5.98. The maximum absolute atomic E-state index is 12.3. The molecule has 8 nitrogen and oxygen atoms in total. The Bertz CT molecular complexity index is 1180. The molecule has 0 aliphatic carbocycles. The second-order valence-corrected chi connectivity index (χ2v) is 7.16. The molecule has 8 heteroatoms. The van der Waals surface area contributed by atoms with Crippen molar-refractivity contribution in [3.8, 4) is 22.6 Å². The highest BCUT2D eigenvalue weighted by Gasteiger charge is 2.23. The Morgan fingerprint density at radius 3 is 2.09 bits per heavy atom. The van der Waals surface area contributed by atoms with E-state index in [0.29, 0.717) is 10.9 Å². The van der Waals surface area contributed by atoms with Crippen LogP contribution in [0, 0.1) is 0 Å². The third-order valence-corrected chi connectivity index (χ3v) is 4.72. The molecule has 0 aliphatic heterocycles. The molecule has 3 rings (SSSR count). The molecule has 3 aromatic rings. The number of esters is 2. The summed E-state index contributed by atoms with van der Waals surface area (Å²) >= 11 is 0. The summed E-state index contributed by atoms with van der Waals surface area (Å²) in [6, 6.07) is 13.6. The fourth-order valence-electron chi connectivity index (χ4n) is 3.26. The van der Waals surface area contributed by atoms with Crippen molar-refractivity contribution in [2.45, 2.75) is 39.9 Å². The molecule has 0 amide bonds. The Labute approximate surface area is 191 Å². The van der Waals surface area contributed by atoms with Crippen LogP contribution in [0.1, 0.15) is 27.7 Å². The van der Waals surface area contributed by atoms with Gasteiger partial charge in [-0.25, -0.2) is 14.4 Å². The lowest BCUT2D eigenvalue weighted by Gasteiger charge is -2.19. The van der Waals surface area contributed by atoms with E-state index in [9.17, 15) is 14.4 Å². The minimum Gasteiger partial charge on any atom is -0.479 e. The molecular weight excluding hydrogens is 428 g/mol. The van der Waals surface area contributed by atoms with E-state index in [2.05, 4.69) is 0 Å². The topological polar surface area (TPSA) is 101 Å². The van der Waals surface area contributed by atoms with Gasteiger partial charge in [0.25, 0.3) is 0 Å². The van der Waals surface area contributed by atoms with Crippen molar-refractivity contribution in [1.82, 2.24) is 0 Å². The van der Waals surface area contributed by atoms with E-state index in [1.54, 1.807) is 33.8 Å². The van der Waals surface area contributed by atoms with E-state index in [1.165, 1.54) is 12.1 Å². The number of hydrogen-bond acceptors (Lipinski definition) is 8. The molecule has 1 heterocycles. The Balaban J connectivity index is 2.15. The summed E-state index contributed by atoms with van der Waals surface area (Å²) in [6.07, 6.45) is -1.86. The van der Waals surface area contributed by atoms with E-state index in [4.69, 9.17) is 23.4 Å². The van der Waals surface area contributed by atoms with Crippen LogP contribution in [0.15, 0.2) is 57.7 Å². The van der Waals surface area contributed by atoms with E-state index in [1.807, 2.05) is 30.3 Å². The molecule has 1 aromatic heterocycles. The highest BCUT2D eigenvalue weighted by atomic mass is 16.6. The van der Waals surface area contributed by atoms with Gasteiger partial charge >= 0.3 is 17.6 Å². The zero-order valence-electron chi connectivity index (χ0n) is 19.0. The third kappa shape index (κ3) is 5.71. The SMILES string of the molecule is CCOC(=O)[C@H](C)Oc1cc(O[C@@H](C)C(=O)OCC)c2c(-c3ccccc3)cc(=O)oc2c1. The fraction of sp³-hybridized carbons (Fsp3) is 0.320. The van der Waals surface area contributed by atoms with Gasteiger partial charge in [0.2, 0.25) is 0 Å².